The lowest BCUT2D eigenvalue weighted by molar-refractivity contribution is -0.192. The maximum absolute atomic E-state index is 9.72. The predicted molar refractivity (Wildman–Crippen MR) is 52.4 cm³/mol. The van der Waals surface area contributed by atoms with Crippen LogP contribution in [-0.4, -0.2) is 23.3 Å². The van der Waals surface area contributed by atoms with E-state index in [-0.39, 0.29) is 11.7 Å². The first-order valence-electron chi connectivity index (χ1n) is 5.18. The molecule has 1 fully saturated rings. The zero-order chi connectivity index (χ0) is 10.5. The molecule has 80 valence electrons. The summed E-state index contributed by atoms with van der Waals surface area (Å²) in [5, 5.41) is 9.72. The van der Waals surface area contributed by atoms with E-state index in [0.717, 1.165) is 17.5 Å². The van der Waals surface area contributed by atoms with E-state index < -0.39 is 5.79 Å². The van der Waals surface area contributed by atoms with Crippen molar-refractivity contribution in [1.29, 1.82) is 0 Å². The summed E-state index contributed by atoms with van der Waals surface area (Å²) in [6, 6.07) is 0. The van der Waals surface area contributed by atoms with Crippen LogP contribution in [0.5, 0.6) is 5.75 Å². The molecule has 1 saturated heterocycles. The van der Waals surface area contributed by atoms with Crippen LogP contribution in [0.25, 0.3) is 0 Å². The van der Waals surface area contributed by atoms with Gasteiger partial charge in [0, 0.05) is 23.2 Å². The minimum absolute atomic E-state index is 0.227. The Morgan fingerprint density at radius 2 is 2.13 bits per heavy atom. The summed E-state index contributed by atoms with van der Waals surface area (Å²) in [4.78, 5) is 4.00. The molecule has 3 rings (SSSR count). The largest absolute Gasteiger partial charge is 0.506 e. The van der Waals surface area contributed by atoms with Crippen molar-refractivity contribution in [1.82, 2.24) is 4.98 Å². The first-order valence-corrected chi connectivity index (χ1v) is 5.18. The molecule has 1 atom stereocenters. The highest BCUT2D eigenvalue weighted by Gasteiger charge is 2.50. The van der Waals surface area contributed by atoms with Crippen LogP contribution in [0, 0.1) is 5.92 Å². The van der Waals surface area contributed by atoms with E-state index in [2.05, 4.69) is 11.9 Å². The number of hydrogen-bond donors (Lipinski definition) is 1. The van der Waals surface area contributed by atoms with Gasteiger partial charge >= 0.3 is 0 Å². The molecule has 1 spiro atoms. The monoisotopic (exact) mass is 207 g/mol. The van der Waals surface area contributed by atoms with E-state index in [9.17, 15) is 5.11 Å². The standard InChI is InChI=1S/C11H13NO3/c1-7-4-8-9(5-12-6-10(8)13)11(7)14-2-3-15-11/h5-7,13H,2-4H2,1H3. The van der Waals surface area contributed by atoms with E-state index in [1.807, 2.05) is 0 Å². The molecule has 1 aliphatic heterocycles. The topological polar surface area (TPSA) is 51.6 Å². The summed E-state index contributed by atoms with van der Waals surface area (Å²) >= 11 is 0. The molecule has 1 N–H and O–H groups in total. The number of aromatic nitrogens is 1. The SMILES string of the molecule is CC1Cc2c(O)cncc2C12OCCO2. The third-order valence-corrected chi connectivity index (χ3v) is 3.29. The van der Waals surface area contributed by atoms with Gasteiger partial charge in [-0.3, -0.25) is 4.98 Å². The molecule has 1 aliphatic carbocycles. The second kappa shape index (κ2) is 2.93. The van der Waals surface area contributed by atoms with E-state index in [1.165, 1.54) is 6.20 Å². The Labute approximate surface area is 87.9 Å². The van der Waals surface area contributed by atoms with Crippen LogP contribution in [0.15, 0.2) is 12.4 Å². The van der Waals surface area contributed by atoms with Crippen LogP contribution in [-0.2, 0) is 21.7 Å². The summed E-state index contributed by atoms with van der Waals surface area (Å²) in [6.45, 7) is 3.30. The van der Waals surface area contributed by atoms with Crippen LogP contribution in [0.3, 0.4) is 0 Å². The zero-order valence-corrected chi connectivity index (χ0v) is 8.56. The highest BCUT2D eigenvalue weighted by atomic mass is 16.7. The van der Waals surface area contributed by atoms with Gasteiger partial charge in [0.2, 0.25) is 0 Å². The van der Waals surface area contributed by atoms with E-state index in [4.69, 9.17) is 9.47 Å². The number of ether oxygens (including phenoxy) is 2. The van der Waals surface area contributed by atoms with Gasteiger partial charge in [0.1, 0.15) is 5.75 Å². The quantitative estimate of drug-likeness (QED) is 0.694. The average molecular weight is 207 g/mol. The maximum atomic E-state index is 9.72. The van der Waals surface area contributed by atoms with Crippen LogP contribution in [0.4, 0.5) is 0 Å². The highest BCUT2D eigenvalue weighted by Crippen LogP contribution is 2.49. The average Bonchev–Trinajstić information content (AvgIpc) is 2.79. The Bertz CT molecular complexity index is 399. The number of fused-ring (bicyclic) bond motifs is 2. The Morgan fingerprint density at radius 1 is 1.40 bits per heavy atom. The number of rotatable bonds is 0. The van der Waals surface area contributed by atoms with Gasteiger partial charge in [-0.2, -0.15) is 0 Å². The minimum atomic E-state index is -0.652. The molecule has 0 aromatic carbocycles. The fourth-order valence-corrected chi connectivity index (χ4v) is 2.57. The molecule has 0 radical (unpaired) electrons. The normalized spacial score (nSPS) is 27.1. The van der Waals surface area contributed by atoms with Crippen molar-refractivity contribution in [3.8, 4) is 5.75 Å². The third-order valence-electron chi connectivity index (χ3n) is 3.29. The van der Waals surface area contributed by atoms with Crippen molar-refractivity contribution in [2.45, 2.75) is 19.1 Å². The van der Waals surface area contributed by atoms with Crippen molar-refractivity contribution in [2.24, 2.45) is 5.92 Å². The Kier molecular flexibility index (Phi) is 1.78. The fourth-order valence-electron chi connectivity index (χ4n) is 2.57. The van der Waals surface area contributed by atoms with Crippen molar-refractivity contribution in [3.63, 3.8) is 0 Å². The highest BCUT2D eigenvalue weighted by molar-refractivity contribution is 5.43. The van der Waals surface area contributed by atoms with Gasteiger partial charge in [-0.05, 0) is 6.42 Å². The van der Waals surface area contributed by atoms with E-state index in [0.29, 0.717) is 13.2 Å². The molecular weight excluding hydrogens is 194 g/mol. The van der Waals surface area contributed by atoms with Gasteiger partial charge in [-0.15, -0.1) is 0 Å². The van der Waals surface area contributed by atoms with Crippen molar-refractivity contribution in [3.05, 3.63) is 23.5 Å². The van der Waals surface area contributed by atoms with Crippen LogP contribution in [0.1, 0.15) is 18.1 Å². The molecule has 0 amide bonds. The molecular formula is C11H13NO3. The van der Waals surface area contributed by atoms with Gasteiger partial charge in [-0.25, -0.2) is 0 Å². The molecule has 1 aromatic rings. The smallest absolute Gasteiger partial charge is 0.199 e. The summed E-state index contributed by atoms with van der Waals surface area (Å²) in [5.74, 6) is -0.179. The van der Waals surface area contributed by atoms with Crippen LogP contribution < -0.4 is 0 Å². The molecule has 2 heterocycles. The summed E-state index contributed by atoms with van der Waals surface area (Å²) in [5.41, 5.74) is 1.81. The van der Waals surface area contributed by atoms with Gasteiger partial charge in [0.05, 0.1) is 19.4 Å². The summed E-state index contributed by atoms with van der Waals surface area (Å²) in [6.07, 6.45) is 3.99. The van der Waals surface area contributed by atoms with Gasteiger partial charge < -0.3 is 14.6 Å². The number of aromatic hydroxyl groups is 1. The number of pyridine rings is 1. The van der Waals surface area contributed by atoms with E-state index >= 15 is 0 Å². The Morgan fingerprint density at radius 3 is 2.87 bits per heavy atom. The maximum Gasteiger partial charge on any atom is 0.199 e. The predicted octanol–water partition coefficient (Wildman–Crippen LogP) is 1.18. The zero-order valence-electron chi connectivity index (χ0n) is 8.56. The Balaban J connectivity index is 2.17. The van der Waals surface area contributed by atoms with E-state index in [1.54, 1.807) is 6.20 Å². The van der Waals surface area contributed by atoms with Gasteiger partial charge in [0.25, 0.3) is 0 Å². The fraction of sp³-hybridized carbons (Fsp3) is 0.545. The minimum Gasteiger partial charge on any atom is -0.506 e. The second-order valence-corrected chi connectivity index (χ2v) is 4.15. The van der Waals surface area contributed by atoms with Crippen molar-refractivity contribution < 1.29 is 14.6 Å². The molecule has 2 aliphatic rings. The molecule has 0 bridgehead atoms. The van der Waals surface area contributed by atoms with Crippen molar-refractivity contribution in [2.75, 3.05) is 13.2 Å². The molecule has 15 heavy (non-hydrogen) atoms. The lowest BCUT2D eigenvalue weighted by Gasteiger charge is -2.27. The lowest BCUT2D eigenvalue weighted by atomic mass is 10.0. The molecule has 1 aromatic heterocycles. The van der Waals surface area contributed by atoms with Crippen LogP contribution >= 0.6 is 0 Å². The summed E-state index contributed by atoms with van der Waals surface area (Å²) in [7, 11) is 0. The number of hydrogen-bond acceptors (Lipinski definition) is 4. The molecule has 1 unspecified atom stereocenters. The van der Waals surface area contributed by atoms with Crippen LogP contribution in [0.2, 0.25) is 0 Å². The Hall–Kier alpha value is -1.13. The van der Waals surface area contributed by atoms with Gasteiger partial charge in [0.15, 0.2) is 5.79 Å². The van der Waals surface area contributed by atoms with Gasteiger partial charge in [-0.1, -0.05) is 6.92 Å². The summed E-state index contributed by atoms with van der Waals surface area (Å²) < 4.78 is 11.4. The molecule has 4 nitrogen and oxygen atoms in total. The van der Waals surface area contributed by atoms with Crippen molar-refractivity contribution >= 4 is 0 Å². The third kappa shape index (κ3) is 1.06. The lowest BCUT2D eigenvalue weighted by Crippen LogP contribution is -2.31. The first kappa shape index (κ1) is 9.12. The molecule has 0 saturated carbocycles. The molecule has 4 heteroatoms. The number of nitrogens with zero attached hydrogens (tertiary/aromatic N) is 1. The second-order valence-electron chi connectivity index (χ2n) is 4.15. The first-order chi connectivity index (χ1) is 7.24.